The van der Waals surface area contributed by atoms with Crippen LogP contribution in [0, 0.1) is 0 Å². The summed E-state index contributed by atoms with van der Waals surface area (Å²) in [6.07, 6.45) is 5.61. The molecule has 6 nitrogen and oxygen atoms in total. The highest BCUT2D eigenvalue weighted by Gasteiger charge is 2.32. The number of aromatic nitrogens is 2. The van der Waals surface area contributed by atoms with Gasteiger partial charge in [-0.15, -0.1) is 0 Å². The first-order valence-corrected chi connectivity index (χ1v) is 8.53. The maximum Gasteiger partial charge on any atom is 0.322 e. The lowest BCUT2D eigenvalue weighted by Gasteiger charge is -2.37. The Balaban J connectivity index is 1.67. The van der Waals surface area contributed by atoms with E-state index in [0.717, 1.165) is 17.8 Å². The normalized spacial score (nSPS) is 16.0. The molecule has 132 valence electrons. The number of methoxy groups -OCH3 is 1. The van der Waals surface area contributed by atoms with Gasteiger partial charge in [0.25, 0.3) is 0 Å². The number of hydrogen-bond donors (Lipinski definition) is 1. The highest BCUT2D eigenvalue weighted by atomic mass is 16.5. The van der Waals surface area contributed by atoms with Crippen molar-refractivity contribution < 1.29 is 9.53 Å². The molecule has 26 heavy (non-hydrogen) atoms. The number of amides is 2. The van der Waals surface area contributed by atoms with Crippen molar-refractivity contribution in [2.75, 3.05) is 19.0 Å². The smallest absolute Gasteiger partial charge is 0.322 e. The molecule has 3 aromatic rings. The van der Waals surface area contributed by atoms with Crippen LogP contribution in [0.25, 0.3) is 0 Å². The Labute approximate surface area is 152 Å². The lowest BCUT2D eigenvalue weighted by molar-refractivity contribution is 0.181. The molecule has 0 unspecified atom stereocenters. The number of para-hydroxylation sites is 2. The molecule has 0 spiro atoms. The van der Waals surface area contributed by atoms with Crippen molar-refractivity contribution in [3.8, 4) is 5.75 Å². The second-order valence-electron chi connectivity index (χ2n) is 6.14. The van der Waals surface area contributed by atoms with Crippen molar-refractivity contribution in [2.24, 2.45) is 0 Å². The van der Waals surface area contributed by atoms with E-state index in [2.05, 4.69) is 20.9 Å². The summed E-state index contributed by atoms with van der Waals surface area (Å²) in [5.41, 5.74) is 2.73. The molecule has 0 aliphatic carbocycles. The Hall–Kier alpha value is -3.28. The average Bonchev–Trinajstić information content (AvgIpc) is 3.17. The first-order valence-electron chi connectivity index (χ1n) is 8.53. The van der Waals surface area contributed by atoms with Crippen LogP contribution >= 0.6 is 0 Å². The molecule has 2 amide bonds. The van der Waals surface area contributed by atoms with E-state index in [0.29, 0.717) is 18.0 Å². The highest BCUT2D eigenvalue weighted by Crippen LogP contribution is 2.33. The molecule has 0 radical (unpaired) electrons. The number of nitrogens with one attached hydrogen (secondary N) is 1. The van der Waals surface area contributed by atoms with Gasteiger partial charge >= 0.3 is 6.03 Å². The summed E-state index contributed by atoms with van der Waals surface area (Å²) in [6.45, 7) is 1.38. The largest absolute Gasteiger partial charge is 0.495 e. The Morgan fingerprint density at radius 1 is 1.15 bits per heavy atom. The number of ether oxygens (including phenoxy) is 1. The van der Waals surface area contributed by atoms with Gasteiger partial charge in [0.15, 0.2) is 0 Å². The Morgan fingerprint density at radius 2 is 2.04 bits per heavy atom. The van der Waals surface area contributed by atoms with Crippen molar-refractivity contribution in [1.82, 2.24) is 14.5 Å². The number of fused-ring (bicyclic) bond motifs is 1. The van der Waals surface area contributed by atoms with Crippen molar-refractivity contribution in [2.45, 2.75) is 12.6 Å². The molecule has 1 atom stereocenters. The molecule has 0 saturated carbocycles. The molecule has 0 bridgehead atoms. The maximum atomic E-state index is 13.1. The summed E-state index contributed by atoms with van der Waals surface area (Å²) >= 11 is 0. The van der Waals surface area contributed by atoms with Crippen molar-refractivity contribution in [3.63, 3.8) is 0 Å². The highest BCUT2D eigenvalue weighted by molar-refractivity contribution is 5.91. The number of carbonyl (C=O) groups is 1. The third kappa shape index (κ3) is 2.90. The number of pyridine rings is 1. The fourth-order valence-corrected chi connectivity index (χ4v) is 3.43. The van der Waals surface area contributed by atoms with E-state index in [9.17, 15) is 4.79 Å². The minimum atomic E-state index is -0.179. The molecule has 3 heterocycles. The molecule has 2 aromatic heterocycles. The molecule has 0 fully saturated rings. The van der Waals surface area contributed by atoms with Crippen LogP contribution in [0.3, 0.4) is 0 Å². The summed E-state index contributed by atoms with van der Waals surface area (Å²) in [4.78, 5) is 19.2. The maximum absolute atomic E-state index is 13.1. The number of carbonyl (C=O) groups excluding carboxylic acids is 1. The van der Waals surface area contributed by atoms with E-state index < -0.39 is 0 Å². The van der Waals surface area contributed by atoms with Gasteiger partial charge in [-0.05, 0) is 35.9 Å². The second kappa shape index (κ2) is 6.92. The van der Waals surface area contributed by atoms with Crippen LogP contribution in [-0.4, -0.2) is 34.1 Å². The van der Waals surface area contributed by atoms with Crippen LogP contribution in [0.5, 0.6) is 5.75 Å². The summed E-state index contributed by atoms with van der Waals surface area (Å²) in [5.74, 6) is 0.638. The second-order valence-corrected chi connectivity index (χ2v) is 6.14. The zero-order valence-corrected chi connectivity index (χ0v) is 14.5. The van der Waals surface area contributed by atoms with Crippen molar-refractivity contribution in [3.05, 3.63) is 78.4 Å². The number of hydrogen-bond acceptors (Lipinski definition) is 3. The van der Waals surface area contributed by atoms with Crippen molar-refractivity contribution >= 4 is 11.7 Å². The molecule has 6 heteroatoms. The van der Waals surface area contributed by atoms with Gasteiger partial charge in [0.05, 0.1) is 12.8 Å². The van der Waals surface area contributed by atoms with Gasteiger partial charge in [0, 0.05) is 37.4 Å². The lowest BCUT2D eigenvalue weighted by Crippen LogP contribution is -2.44. The van der Waals surface area contributed by atoms with E-state index in [1.807, 2.05) is 59.8 Å². The van der Waals surface area contributed by atoms with E-state index in [1.54, 1.807) is 13.3 Å². The number of rotatable bonds is 3. The minimum absolute atomic E-state index is 0.157. The van der Waals surface area contributed by atoms with Gasteiger partial charge in [0.2, 0.25) is 0 Å². The van der Waals surface area contributed by atoms with Gasteiger partial charge < -0.3 is 19.5 Å². The monoisotopic (exact) mass is 348 g/mol. The number of nitrogens with zero attached hydrogens (tertiary/aromatic N) is 3. The van der Waals surface area contributed by atoms with Gasteiger partial charge in [0.1, 0.15) is 11.8 Å². The zero-order valence-electron chi connectivity index (χ0n) is 14.5. The van der Waals surface area contributed by atoms with Gasteiger partial charge in [-0.25, -0.2) is 4.79 Å². The first kappa shape index (κ1) is 16.2. The molecular weight excluding hydrogens is 328 g/mol. The van der Waals surface area contributed by atoms with Crippen LogP contribution in [0.4, 0.5) is 10.5 Å². The molecular formula is C20H20N4O2. The number of urea groups is 1. The Morgan fingerprint density at radius 3 is 2.85 bits per heavy atom. The summed E-state index contributed by atoms with van der Waals surface area (Å²) in [5, 5.41) is 2.99. The third-order valence-electron chi connectivity index (χ3n) is 4.65. The van der Waals surface area contributed by atoms with Crippen LogP contribution in [0.15, 0.2) is 67.1 Å². The predicted molar refractivity (Wildman–Crippen MR) is 99.2 cm³/mol. The third-order valence-corrected chi connectivity index (χ3v) is 4.65. The average molecular weight is 348 g/mol. The zero-order chi connectivity index (χ0) is 17.9. The fraction of sp³-hybridized carbons (Fsp3) is 0.200. The van der Waals surface area contributed by atoms with Gasteiger partial charge in [-0.2, -0.15) is 0 Å². The summed E-state index contributed by atoms with van der Waals surface area (Å²) in [6, 6.07) is 15.0. The Bertz CT molecular complexity index is 907. The molecule has 1 aromatic carbocycles. The van der Waals surface area contributed by atoms with E-state index >= 15 is 0 Å². The van der Waals surface area contributed by atoms with Crippen LogP contribution in [-0.2, 0) is 6.54 Å². The SMILES string of the molecule is COc1ccccc1NC(=O)N1CCn2cccc2[C@@H]1c1cccnc1. The molecule has 4 rings (SSSR count). The van der Waals surface area contributed by atoms with Crippen LogP contribution in [0.1, 0.15) is 17.3 Å². The molecule has 1 N–H and O–H groups in total. The Kier molecular flexibility index (Phi) is 4.31. The standard InChI is InChI=1S/C20H20N4O2/c1-26-18-9-3-2-7-16(18)22-20(25)24-13-12-23-11-5-8-17(23)19(24)15-6-4-10-21-14-15/h2-11,14,19H,12-13H2,1H3,(H,22,25)/t19-/m0/s1. The van der Waals surface area contributed by atoms with Gasteiger partial charge in [-0.1, -0.05) is 18.2 Å². The molecule has 1 aliphatic rings. The van der Waals surface area contributed by atoms with E-state index in [4.69, 9.17) is 4.74 Å². The van der Waals surface area contributed by atoms with Crippen molar-refractivity contribution in [1.29, 1.82) is 0 Å². The number of anilines is 1. The molecule has 1 aliphatic heterocycles. The summed E-state index contributed by atoms with van der Waals surface area (Å²) < 4.78 is 7.53. The predicted octanol–water partition coefficient (Wildman–Crippen LogP) is 3.53. The van der Waals surface area contributed by atoms with Crippen LogP contribution in [0.2, 0.25) is 0 Å². The van der Waals surface area contributed by atoms with E-state index in [1.165, 1.54) is 0 Å². The molecule has 0 saturated heterocycles. The summed E-state index contributed by atoms with van der Waals surface area (Å²) in [7, 11) is 1.59. The van der Waals surface area contributed by atoms with Crippen LogP contribution < -0.4 is 10.1 Å². The lowest BCUT2D eigenvalue weighted by atomic mass is 10.0. The van der Waals surface area contributed by atoms with Gasteiger partial charge in [-0.3, -0.25) is 4.98 Å². The van der Waals surface area contributed by atoms with E-state index in [-0.39, 0.29) is 12.1 Å². The minimum Gasteiger partial charge on any atom is -0.495 e. The quantitative estimate of drug-likeness (QED) is 0.788. The number of benzene rings is 1. The topological polar surface area (TPSA) is 59.4 Å². The fourth-order valence-electron chi connectivity index (χ4n) is 3.43. The first-order chi connectivity index (χ1) is 12.8.